The van der Waals surface area contributed by atoms with Crippen molar-refractivity contribution in [1.82, 2.24) is 0 Å². The third-order valence-electron chi connectivity index (χ3n) is 2.75. The Kier molecular flexibility index (Phi) is 14.4. The van der Waals surface area contributed by atoms with Gasteiger partial charge in [-0.15, -0.1) is 0 Å². The smallest absolute Gasteiger partial charge is 0.132 e. The molecule has 0 aliphatic heterocycles. The summed E-state index contributed by atoms with van der Waals surface area (Å²) < 4.78 is 0. The lowest BCUT2D eigenvalue weighted by Gasteiger charge is -1.99. The van der Waals surface area contributed by atoms with Crippen LogP contribution in [0.2, 0.25) is 0 Å². The van der Waals surface area contributed by atoms with Crippen molar-refractivity contribution in [2.45, 2.75) is 80.1 Å². The second kappa shape index (κ2) is 12.7. The highest BCUT2D eigenvalue weighted by atomic mass is 16.1. The molecule has 1 rings (SSSR count). The van der Waals surface area contributed by atoms with Crippen molar-refractivity contribution in [2.24, 2.45) is 11.8 Å². The monoisotopic (exact) mass is 228 g/mol. The number of ketones is 1. The maximum atomic E-state index is 10.6. The molecule has 1 heteroatoms. The molecule has 0 radical (unpaired) electrons. The molecule has 0 spiro atoms. The van der Waals surface area contributed by atoms with Crippen LogP contribution in [0, 0.1) is 11.8 Å². The molecule has 1 saturated carbocycles. The van der Waals surface area contributed by atoms with E-state index in [1.807, 2.05) is 0 Å². The molecule has 98 valence electrons. The minimum atomic E-state index is 0.391. The summed E-state index contributed by atoms with van der Waals surface area (Å²) >= 11 is 0. The minimum absolute atomic E-state index is 0.391. The van der Waals surface area contributed by atoms with Crippen molar-refractivity contribution in [2.75, 3.05) is 0 Å². The molecule has 1 fully saturated rings. The molecule has 16 heavy (non-hydrogen) atoms. The number of hydrogen-bond donors (Lipinski definition) is 0. The first-order valence-corrected chi connectivity index (χ1v) is 6.99. The summed E-state index contributed by atoms with van der Waals surface area (Å²) in [5.74, 6) is 1.70. The van der Waals surface area contributed by atoms with Crippen LogP contribution in [0.4, 0.5) is 0 Å². The predicted molar refractivity (Wildman–Crippen MR) is 73.7 cm³/mol. The Balaban J connectivity index is 0. The first-order chi connectivity index (χ1) is 7.49. The molecule has 0 N–H and O–H groups in total. The summed E-state index contributed by atoms with van der Waals surface area (Å²) in [5.41, 5.74) is 0. The van der Waals surface area contributed by atoms with Crippen LogP contribution in [0.1, 0.15) is 80.1 Å². The first-order valence-electron chi connectivity index (χ1n) is 6.99. The van der Waals surface area contributed by atoms with E-state index >= 15 is 0 Å². The van der Waals surface area contributed by atoms with Gasteiger partial charge in [-0.05, 0) is 25.7 Å². The van der Waals surface area contributed by atoms with E-state index in [4.69, 9.17) is 0 Å². The number of carbonyl (C=O) groups is 1. The van der Waals surface area contributed by atoms with E-state index in [1.165, 1.54) is 25.7 Å². The first kappa shape index (κ1) is 18.0. The summed E-state index contributed by atoms with van der Waals surface area (Å²) in [6.07, 6.45) is 7.39. The third-order valence-corrected chi connectivity index (χ3v) is 2.75. The Morgan fingerprint density at radius 1 is 1.12 bits per heavy atom. The number of hydrogen-bond acceptors (Lipinski definition) is 1. The van der Waals surface area contributed by atoms with Crippen molar-refractivity contribution in [1.29, 1.82) is 0 Å². The maximum Gasteiger partial charge on any atom is 0.132 e. The van der Waals surface area contributed by atoms with Crippen molar-refractivity contribution in [3.8, 4) is 0 Å². The van der Waals surface area contributed by atoms with Crippen LogP contribution < -0.4 is 0 Å². The predicted octanol–water partition coefficient (Wildman–Crippen LogP) is 5.23. The lowest BCUT2D eigenvalue weighted by Crippen LogP contribution is -2.04. The fourth-order valence-corrected chi connectivity index (χ4v) is 1.33. The molecule has 1 nitrogen and oxygen atoms in total. The van der Waals surface area contributed by atoms with Gasteiger partial charge < -0.3 is 0 Å². The fourth-order valence-electron chi connectivity index (χ4n) is 1.33. The normalized spacial score (nSPS) is 14.9. The van der Waals surface area contributed by atoms with Gasteiger partial charge in [-0.25, -0.2) is 0 Å². The van der Waals surface area contributed by atoms with Gasteiger partial charge in [0.15, 0.2) is 0 Å². The van der Waals surface area contributed by atoms with E-state index in [9.17, 15) is 4.79 Å². The summed E-state index contributed by atoms with van der Waals surface area (Å²) in [4.78, 5) is 10.6. The molecule has 0 heterocycles. The SMILES string of the molecule is CC(=O)C1CCCC1.CCC.CCC(C)C. The van der Waals surface area contributed by atoms with Gasteiger partial charge in [0.05, 0.1) is 0 Å². The van der Waals surface area contributed by atoms with Gasteiger partial charge in [-0.1, -0.05) is 60.3 Å². The minimum Gasteiger partial charge on any atom is -0.300 e. The zero-order valence-corrected chi connectivity index (χ0v) is 12.3. The Hall–Kier alpha value is -0.330. The molecule has 0 aromatic heterocycles. The van der Waals surface area contributed by atoms with Crippen LogP contribution in [-0.4, -0.2) is 5.78 Å². The van der Waals surface area contributed by atoms with Crippen molar-refractivity contribution < 1.29 is 4.79 Å². The standard InChI is InChI=1S/C7H12O.C5H12.C3H8/c1-6(8)7-4-2-3-5-7;1-4-5(2)3;1-3-2/h7H,2-5H2,1H3;5H,4H2,1-3H3;3H2,1-2H3. The number of Topliss-reactive ketones (excluding diaryl/α,β-unsaturated/α-hetero) is 1. The molecular weight excluding hydrogens is 196 g/mol. The quantitative estimate of drug-likeness (QED) is 0.632. The largest absolute Gasteiger partial charge is 0.300 e. The van der Waals surface area contributed by atoms with Crippen LogP contribution in [0.15, 0.2) is 0 Å². The Morgan fingerprint density at radius 2 is 1.44 bits per heavy atom. The van der Waals surface area contributed by atoms with Gasteiger partial charge in [0.1, 0.15) is 5.78 Å². The number of rotatable bonds is 2. The summed E-state index contributed by atoms with van der Waals surface area (Å²) in [7, 11) is 0. The summed E-state index contributed by atoms with van der Waals surface area (Å²) in [6, 6.07) is 0. The Morgan fingerprint density at radius 3 is 1.56 bits per heavy atom. The van der Waals surface area contributed by atoms with Crippen LogP contribution in [0.5, 0.6) is 0 Å². The third kappa shape index (κ3) is 13.7. The molecule has 0 aromatic rings. The highest BCUT2D eigenvalue weighted by molar-refractivity contribution is 5.78. The highest BCUT2D eigenvalue weighted by Gasteiger charge is 2.18. The molecule has 0 aromatic carbocycles. The summed E-state index contributed by atoms with van der Waals surface area (Å²) in [5, 5.41) is 0. The molecule has 1 aliphatic rings. The van der Waals surface area contributed by atoms with Gasteiger partial charge >= 0.3 is 0 Å². The van der Waals surface area contributed by atoms with E-state index in [2.05, 4.69) is 34.6 Å². The van der Waals surface area contributed by atoms with Gasteiger partial charge in [0.2, 0.25) is 0 Å². The van der Waals surface area contributed by atoms with Crippen molar-refractivity contribution in [3.05, 3.63) is 0 Å². The summed E-state index contributed by atoms with van der Waals surface area (Å²) in [6.45, 7) is 12.6. The molecule has 0 unspecified atom stereocenters. The second-order valence-electron chi connectivity index (χ2n) is 5.10. The molecule has 0 bridgehead atoms. The van der Waals surface area contributed by atoms with E-state index in [-0.39, 0.29) is 0 Å². The maximum absolute atomic E-state index is 10.6. The van der Waals surface area contributed by atoms with Gasteiger partial charge in [0.25, 0.3) is 0 Å². The Bertz CT molecular complexity index is 144. The molecular formula is C15H32O. The van der Waals surface area contributed by atoms with E-state index in [0.29, 0.717) is 11.7 Å². The van der Waals surface area contributed by atoms with Crippen LogP contribution in [0.3, 0.4) is 0 Å². The average molecular weight is 228 g/mol. The molecule has 1 aliphatic carbocycles. The van der Waals surface area contributed by atoms with Crippen molar-refractivity contribution >= 4 is 5.78 Å². The van der Waals surface area contributed by atoms with Crippen molar-refractivity contribution in [3.63, 3.8) is 0 Å². The lowest BCUT2D eigenvalue weighted by atomic mass is 10.0. The zero-order valence-electron chi connectivity index (χ0n) is 12.3. The zero-order chi connectivity index (χ0) is 13.0. The van der Waals surface area contributed by atoms with Crippen LogP contribution in [0.25, 0.3) is 0 Å². The van der Waals surface area contributed by atoms with Gasteiger partial charge in [0, 0.05) is 5.92 Å². The van der Waals surface area contributed by atoms with Gasteiger partial charge in [-0.2, -0.15) is 0 Å². The second-order valence-corrected chi connectivity index (χ2v) is 5.10. The van der Waals surface area contributed by atoms with E-state index in [1.54, 1.807) is 6.92 Å². The van der Waals surface area contributed by atoms with E-state index in [0.717, 1.165) is 18.8 Å². The van der Waals surface area contributed by atoms with Gasteiger partial charge in [-0.3, -0.25) is 4.79 Å². The lowest BCUT2D eigenvalue weighted by molar-refractivity contribution is -0.120. The molecule has 0 amide bonds. The Labute approximate surface area is 103 Å². The highest BCUT2D eigenvalue weighted by Crippen LogP contribution is 2.24. The fraction of sp³-hybridized carbons (Fsp3) is 0.933. The van der Waals surface area contributed by atoms with E-state index < -0.39 is 0 Å². The van der Waals surface area contributed by atoms with Crippen LogP contribution in [-0.2, 0) is 4.79 Å². The average Bonchev–Trinajstić information content (AvgIpc) is 2.72. The topological polar surface area (TPSA) is 17.1 Å². The molecule has 0 atom stereocenters. The molecule has 0 saturated heterocycles. The van der Waals surface area contributed by atoms with Crippen LogP contribution >= 0.6 is 0 Å². The number of carbonyl (C=O) groups excluding carboxylic acids is 1.